The summed E-state index contributed by atoms with van der Waals surface area (Å²) in [5.74, 6) is -0.571. The SMILES string of the molecule is CC(N)=NC(=O)c1ccc(C(=O)N2CCC(COc3ccc(C(F)(F)F)cn3)C(c3ccc(Cl)cc3)C2)cc1. The molecule has 1 saturated heterocycles. The molecule has 2 amide bonds. The van der Waals surface area contributed by atoms with E-state index in [0.717, 1.165) is 17.8 Å². The van der Waals surface area contributed by atoms with Gasteiger partial charge in [0.05, 0.1) is 12.2 Å². The van der Waals surface area contributed by atoms with Crippen molar-refractivity contribution in [3.05, 3.63) is 94.1 Å². The van der Waals surface area contributed by atoms with E-state index in [-0.39, 0.29) is 36.1 Å². The molecule has 204 valence electrons. The number of likely N-dealkylation sites (tertiary alicyclic amines) is 1. The van der Waals surface area contributed by atoms with E-state index in [2.05, 4.69) is 9.98 Å². The number of carbonyl (C=O) groups is 2. The Bertz CT molecular complexity index is 1340. The summed E-state index contributed by atoms with van der Waals surface area (Å²) < 4.78 is 44.3. The van der Waals surface area contributed by atoms with Crippen LogP contribution in [0.15, 0.2) is 71.9 Å². The van der Waals surface area contributed by atoms with Crippen molar-refractivity contribution in [2.24, 2.45) is 16.6 Å². The minimum Gasteiger partial charge on any atom is -0.477 e. The van der Waals surface area contributed by atoms with Gasteiger partial charge in [0, 0.05) is 53.3 Å². The Kier molecular flexibility index (Phi) is 8.54. The molecule has 0 radical (unpaired) electrons. The average molecular weight is 559 g/mol. The monoisotopic (exact) mass is 558 g/mol. The highest BCUT2D eigenvalue weighted by molar-refractivity contribution is 6.30. The summed E-state index contributed by atoms with van der Waals surface area (Å²) >= 11 is 6.08. The summed E-state index contributed by atoms with van der Waals surface area (Å²) in [5, 5.41) is 0.577. The number of nitrogens with two attached hydrogens (primary N) is 1. The van der Waals surface area contributed by atoms with Gasteiger partial charge in [-0.15, -0.1) is 0 Å². The summed E-state index contributed by atoms with van der Waals surface area (Å²) in [6, 6.07) is 15.7. The van der Waals surface area contributed by atoms with Gasteiger partial charge in [0.15, 0.2) is 0 Å². The second-order valence-corrected chi connectivity index (χ2v) is 9.72. The Balaban J connectivity index is 1.48. The second-order valence-electron chi connectivity index (χ2n) is 9.29. The molecule has 0 spiro atoms. The van der Waals surface area contributed by atoms with Gasteiger partial charge in [-0.05, 0) is 61.4 Å². The molecule has 1 aromatic heterocycles. The zero-order valence-electron chi connectivity index (χ0n) is 21.0. The van der Waals surface area contributed by atoms with Crippen molar-refractivity contribution in [3.63, 3.8) is 0 Å². The van der Waals surface area contributed by atoms with Crippen molar-refractivity contribution >= 4 is 29.3 Å². The van der Waals surface area contributed by atoms with Crippen LogP contribution in [-0.2, 0) is 6.18 Å². The molecule has 1 aliphatic heterocycles. The number of hydrogen-bond acceptors (Lipinski definition) is 4. The van der Waals surface area contributed by atoms with Crippen molar-refractivity contribution in [1.82, 2.24) is 9.88 Å². The molecule has 2 atom stereocenters. The lowest BCUT2D eigenvalue weighted by Gasteiger charge is -2.39. The molecule has 1 aliphatic rings. The fourth-order valence-corrected chi connectivity index (χ4v) is 4.59. The Morgan fingerprint density at radius 2 is 1.74 bits per heavy atom. The highest BCUT2D eigenvalue weighted by Gasteiger charge is 2.34. The average Bonchev–Trinajstić information content (AvgIpc) is 2.91. The molecule has 2 aromatic carbocycles. The Labute approximate surface area is 228 Å². The normalized spacial score (nSPS) is 18.1. The number of amidine groups is 1. The molecule has 0 saturated carbocycles. The van der Waals surface area contributed by atoms with E-state index in [1.54, 1.807) is 29.2 Å². The number of benzene rings is 2. The van der Waals surface area contributed by atoms with Crippen LogP contribution in [0.25, 0.3) is 0 Å². The molecule has 0 bridgehead atoms. The number of nitrogens with zero attached hydrogens (tertiary/aromatic N) is 3. The van der Waals surface area contributed by atoms with Gasteiger partial charge in [-0.25, -0.2) is 4.98 Å². The summed E-state index contributed by atoms with van der Waals surface area (Å²) in [6.45, 7) is 2.58. The topological polar surface area (TPSA) is 97.9 Å². The number of aliphatic imine (C=N–C) groups is 1. The molecule has 1 fully saturated rings. The fourth-order valence-electron chi connectivity index (χ4n) is 4.46. The summed E-state index contributed by atoms with van der Waals surface area (Å²) in [7, 11) is 0. The van der Waals surface area contributed by atoms with Crippen LogP contribution in [0, 0.1) is 5.92 Å². The van der Waals surface area contributed by atoms with Crippen LogP contribution in [0.1, 0.15) is 51.1 Å². The molecular formula is C28H26ClF3N4O3. The number of carbonyl (C=O) groups excluding carboxylic acids is 2. The minimum atomic E-state index is -4.47. The maximum absolute atomic E-state index is 13.3. The van der Waals surface area contributed by atoms with E-state index in [9.17, 15) is 22.8 Å². The van der Waals surface area contributed by atoms with Gasteiger partial charge < -0.3 is 15.4 Å². The number of alkyl halides is 3. The molecule has 0 aliphatic carbocycles. The lowest BCUT2D eigenvalue weighted by atomic mass is 9.81. The maximum Gasteiger partial charge on any atom is 0.417 e. The van der Waals surface area contributed by atoms with Crippen LogP contribution in [0.4, 0.5) is 13.2 Å². The van der Waals surface area contributed by atoms with Gasteiger partial charge >= 0.3 is 6.18 Å². The van der Waals surface area contributed by atoms with Crippen LogP contribution in [-0.4, -0.2) is 47.2 Å². The molecule has 7 nitrogen and oxygen atoms in total. The first-order valence-corrected chi connectivity index (χ1v) is 12.5. The minimum absolute atomic E-state index is 0.0309. The van der Waals surface area contributed by atoms with Crippen molar-refractivity contribution in [2.45, 2.75) is 25.4 Å². The molecule has 2 N–H and O–H groups in total. The van der Waals surface area contributed by atoms with Gasteiger partial charge in [-0.2, -0.15) is 18.2 Å². The number of hydrogen-bond donors (Lipinski definition) is 1. The van der Waals surface area contributed by atoms with Crippen molar-refractivity contribution in [2.75, 3.05) is 19.7 Å². The van der Waals surface area contributed by atoms with Gasteiger partial charge in [0.1, 0.15) is 5.84 Å². The van der Waals surface area contributed by atoms with Crippen LogP contribution in [0.5, 0.6) is 5.88 Å². The van der Waals surface area contributed by atoms with E-state index in [1.807, 2.05) is 12.1 Å². The predicted molar refractivity (Wildman–Crippen MR) is 141 cm³/mol. The van der Waals surface area contributed by atoms with Crippen LogP contribution in [0.3, 0.4) is 0 Å². The highest BCUT2D eigenvalue weighted by atomic mass is 35.5. The zero-order chi connectivity index (χ0) is 28.2. The van der Waals surface area contributed by atoms with Crippen molar-refractivity contribution < 1.29 is 27.5 Å². The smallest absolute Gasteiger partial charge is 0.417 e. The molecular weight excluding hydrogens is 533 g/mol. The summed E-state index contributed by atoms with van der Waals surface area (Å²) in [5.41, 5.74) is 6.34. The molecule has 2 unspecified atom stereocenters. The Morgan fingerprint density at radius 3 is 2.33 bits per heavy atom. The van der Waals surface area contributed by atoms with Gasteiger partial charge in [0.25, 0.3) is 11.8 Å². The lowest BCUT2D eigenvalue weighted by molar-refractivity contribution is -0.137. The van der Waals surface area contributed by atoms with E-state index >= 15 is 0 Å². The number of rotatable bonds is 6. The third-order valence-electron chi connectivity index (χ3n) is 6.51. The van der Waals surface area contributed by atoms with Crippen LogP contribution in [0.2, 0.25) is 5.02 Å². The number of ether oxygens (including phenoxy) is 1. The van der Waals surface area contributed by atoms with Crippen LogP contribution >= 0.6 is 11.6 Å². The first-order valence-electron chi connectivity index (χ1n) is 12.2. The predicted octanol–water partition coefficient (Wildman–Crippen LogP) is 5.60. The van der Waals surface area contributed by atoms with Gasteiger partial charge in [-0.3, -0.25) is 9.59 Å². The number of halogens is 4. The number of pyridine rings is 1. The summed E-state index contributed by atoms with van der Waals surface area (Å²) in [4.78, 5) is 34.7. The summed E-state index contributed by atoms with van der Waals surface area (Å²) in [6.07, 6.45) is -3.13. The van der Waals surface area contributed by atoms with E-state index in [1.165, 1.54) is 25.1 Å². The Hall–Kier alpha value is -3.92. The third kappa shape index (κ3) is 7.14. The van der Waals surface area contributed by atoms with E-state index in [0.29, 0.717) is 35.7 Å². The van der Waals surface area contributed by atoms with Crippen molar-refractivity contribution in [1.29, 1.82) is 0 Å². The Morgan fingerprint density at radius 1 is 1.08 bits per heavy atom. The third-order valence-corrected chi connectivity index (χ3v) is 6.76. The second kappa shape index (κ2) is 11.9. The lowest BCUT2D eigenvalue weighted by Crippen LogP contribution is -2.44. The fraction of sp³-hybridized carbons (Fsp3) is 0.286. The molecule has 39 heavy (non-hydrogen) atoms. The molecule has 4 rings (SSSR count). The van der Waals surface area contributed by atoms with Gasteiger partial charge in [0.2, 0.25) is 5.88 Å². The standard InChI is InChI=1S/C28H26ClF3N4O3/c1-17(33)35-26(37)19-2-4-20(5-3-19)27(38)36-13-12-21(24(15-36)18-6-9-23(29)10-7-18)16-39-25-11-8-22(14-34-25)28(30,31)32/h2-11,14,21,24H,12-13,15-16H2,1H3,(H2,33,35,37). The van der Waals surface area contributed by atoms with E-state index < -0.39 is 17.6 Å². The van der Waals surface area contributed by atoms with Crippen molar-refractivity contribution in [3.8, 4) is 5.88 Å². The molecule has 3 aromatic rings. The first-order chi connectivity index (χ1) is 18.5. The number of amides is 2. The van der Waals surface area contributed by atoms with Gasteiger partial charge in [-0.1, -0.05) is 23.7 Å². The molecule has 2 heterocycles. The first kappa shape index (κ1) is 28.1. The number of piperidine rings is 1. The quantitative estimate of drug-likeness (QED) is 0.314. The van der Waals surface area contributed by atoms with Crippen LogP contribution < -0.4 is 10.5 Å². The maximum atomic E-state index is 13.3. The highest BCUT2D eigenvalue weighted by Crippen LogP contribution is 2.35. The number of aromatic nitrogens is 1. The molecule has 11 heteroatoms. The zero-order valence-corrected chi connectivity index (χ0v) is 21.7. The largest absolute Gasteiger partial charge is 0.477 e. The van der Waals surface area contributed by atoms with E-state index in [4.69, 9.17) is 22.1 Å².